The number of carbonyl (C=O) groups is 1. The third-order valence-corrected chi connectivity index (χ3v) is 6.50. The maximum Gasteiger partial charge on any atom is 0.338 e. The highest BCUT2D eigenvalue weighted by Crippen LogP contribution is 2.31. The smallest absolute Gasteiger partial charge is 0.338 e. The predicted octanol–water partition coefficient (Wildman–Crippen LogP) is 3.60. The molecule has 0 N–H and O–H groups in total. The Labute approximate surface area is 207 Å². The summed E-state index contributed by atoms with van der Waals surface area (Å²) < 4.78 is 18.5. The molecule has 3 aromatic rings. The number of rotatable bonds is 8. The Bertz CT molecular complexity index is 1420. The van der Waals surface area contributed by atoms with Crippen LogP contribution >= 0.6 is 11.3 Å². The normalized spacial score (nSPS) is 15.4. The maximum atomic E-state index is 13.6. The van der Waals surface area contributed by atoms with Crippen LogP contribution in [0.15, 0.2) is 69.6 Å². The van der Waals surface area contributed by atoms with Crippen molar-refractivity contribution in [1.82, 2.24) is 4.57 Å². The van der Waals surface area contributed by atoms with Gasteiger partial charge in [0.25, 0.3) is 5.56 Å². The van der Waals surface area contributed by atoms with E-state index in [1.165, 1.54) is 11.3 Å². The fourth-order valence-corrected chi connectivity index (χ4v) is 5.04. The minimum absolute atomic E-state index is 0.212. The molecular formula is C27H28N2O5S. The topological polar surface area (TPSA) is 79.1 Å². The summed E-state index contributed by atoms with van der Waals surface area (Å²) in [6.07, 6.45) is 1.83. The number of benzene rings is 2. The molecule has 182 valence electrons. The van der Waals surface area contributed by atoms with Crippen molar-refractivity contribution in [1.29, 1.82) is 0 Å². The fourth-order valence-electron chi connectivity index (χ4n) is 4.00. The summed E-state index contributed by atoms with van der Waals surface area (Å²) in [5, 5.41) is 0. The van der Waals surface area contributed by atoms with Crippen LogP contribution in [-0.2, 0) is 9.53 Å². The average molecular weight is 493 g/mol. The molecular weight excluding hydrogens is 464 g/mol. The molecule has 4 rings (SSSR count). The Morgan fingerprint density at radius 1 is 0.971 bits per heavy atom. The average Bonchev–Trinajstić information content (AvgIpc) is 3.15. The van der Waals surface area contributed by atoms with Gasteiger partial charge in [0.1, 0.15) is 11.5 Å². The van der Waals surface area contributed by atoms with Gasteiger partial charge in [-0.3, -0.25) is 9.36 Å². The van der Waals surface area contributed by atoms with Crippen LogP contribution in [0.1, 0.15) is 44.9 Å². The third-order valence-electron chi connectivity index (χ3n) is 5.51. The van der Waals surface area contributed by atoms with Gasteiger partial charge < -0.3 is 14.2 Å². The largest absolute Gasteiger partial charge is 0.494 e. The Morgan fingerprint density at radius 2 is 1.57 bits per heavy atom. The van der Waals surface area contributed by atoms with Gasteiger partial charge in [0.05, 0.1) is 41.7 Å². The molecule has 0 radical (unpaired) electrons. The molecule has 0 saturated carbocycles. The highest BCUT2D eigenvalue weighted by molar-refractivity contribution is 7.07. The molecule has 0 amide bonds. The summed E-state index contributed by atoms with van der Waals surface area (Å²) in [7, 11) is 0. The van der Waals surface area contributed by atoms with E-state index < -0.39 is 12.0 Å². The van der Waals surface area contributed by atoms with Crippen molar-refractivity contribution >= 4 is 23.4 Å². The van der Waals surface area contributed by atoms with Crippen molar-refractivity contribution in [3.05, 3.63) is 90.6 Å². The van der Waals surface area contributed by atoms with E-state index in [4.69, 9.17) is 14.2 Å². The van der Waals surface area contributed by atoms with Crippen LogP contribution in [0, 0.1) is 0 Å². The van der Waals surface area contributed by atoms with Crippen LogP contribution in [0.3, 0.4) is 0 Å². The first kappa shape index (κ1) is 24.5. The second-order valence-corrected chi connectivity index (χ2v) is 8.82. The van der Waals surface area contributed by atoms with Crippen molar-refractivity contribution < 1.29 is 19.0 Å². The quantitative estimate of drug-likeness (QED) is 0.449. The molecule has 0 fully saturated rings. The Morgan fingerprint density at radius 3 is 2.14 bits per heavy atom. The van der Waals surface area contributed by atoms with Crippen molar-refractivity contribution in [2.24, 2.45) is 4.99 Å². The van der Waals surface area contributed by atoms with Gasteiger partial charge in [-0.25, -0.2) is 9.79 Å². The van der Waals surface area contributed by atoms with Crippen molar-refractivity contribution in [2.75, 3.05) is 19.8 Å². The predicted molar refractivity (Wildman–Crippen MR) is 136 cm³/mol. The van der Waals surface area contributed by atoms with Gasteiger partial charge in [-0.05, 0) is 69.2 Å². The Balaban J connectivity index is 1.85. The van der Waals surface area contributed by atoms with E-state index in [0.29, 0.717) is 33.8 Å². The summed E-state index contributed by atoms with van der Waals surface area (Å²) in [5.74, 6) is 1.02. The number of thiazole rings is 1. The van der Waals surface area contributed by atoms with Gasteiger partial charge in [-0.1, -0.05) is 35.6 Å². The summed E-state index contributed by atoms with van der Waals surface area (Å²) in [4.78, 5) is 31.7. The molecule has 1 aliphatic rings. The maximum absolute atomic E-state index is 13.6. The van der Waals surface area contributed by atoms with Crippen molar-refractivity contribution in [3.63, 3.8) is 0 Å². The molecule has 7 nitrogen and oxygen atoms in total. The van der Waals surface area contributed by atoms with Gasteiger partial charge in [0.2, 0.25) is 0 Å². The number of fused-ring (bicyclic) bond motifs is 1. The Kier molecular flexibility index (Phi) is 7.51. The lowest BCUT2D eigenvalue weighted by Crippen LogP contribution is -2.39. The number of esters is 1. The van der Waals surface area contributed by atoms with Gasteiger partial charge in [-0.15, -0.1) is 0 Å². The zero-order valence-corrected chi connectivity index (χ0v) is 21.1. The first-order chi connectivity index (χ1) is 17.0. The summed E-state index contributed by atoms with van der Waals surface area (Å²) in [6, 6.07) is 14.3. The van der Waals surface area contributed by atoms with Crippen LogP contribution in [-0.4, -0.2) is 30.4 Å². The van der Waals surface area contributed by atoms with Gasteiger partial charge in [0.15, 0.2) is 4.80 Å². The minimum atomic E-state index is -0.650. The third kappa shape index (κ3) is 5.07. The number of hydrogen-bond acceptors (Lipinski definition) is 7. The van der Waals surface area contributed by atoms with E-state index in [0.717, 1.165) is 22.6 Å². The molecule has 0 aliphatic carbocycles. The molecule has 2 aromatic carbocycles. The van der Waals surface area contributed by atoms with Gasteiger partial charge in [0, 0.05) is 0 Å². The highest BCUT2D eigenvalue weighted by atomic mass is 32.1. The lowest BCUT2D eigenvalue weighted by Gasteiger charge is -2.24. The number of carbonyl (C=O) groups excluding carboxylic acids is 1. The van der Waals surface area contributed by atoms with E-state index in [9.17, 15) is 9.59 Å². The lowest BCUT2D eigenvalue weighted by molar-refractivity contribution is -0.139. The molecule has 1 aliphatic heterocycles. The number of hydrogen-bond donors (Lipinski definition) is 0. The van der Waals surface area contributed by atoms with Crippen LogP contribution in [0.4, 0.5) is 0 Å². The van der Waals surface area contributed by atoms with Crippen molar-refractivity contribution in [2.45, 2.75) is 33.7 Å². The number of nitrogens with zero attached hydrogens (tertiary/aromatic N) is 2. The second-order valence-electron chi connectivity index (χ2n) is 7.81. The first-order valence-corrected chi connectivity index (χ1v) is 12.4. The zero-order chi connectivity index (χ0) is 24.9. The first-order valence-electron chi connectivity index (χ1n) is 11.6. The standard InChI is InChI=1S/C27H28N2O5S/c1-5-32-20-12-8-18(9-13-20)16-22-25(30)29-24(19-10-14-21(15-11-19)33-6-2)23(26(31)34-7-3)17(4)28-27(29)35-22/h8-16,24H,5-7H2,1-4H3/b22-16-/t24-/m1/s1. The molecule has 0 spiro atoms. The highest BCUT2D eigenvalue weighted by Gasteiger charge is 2.33. The lowest BCUT2D eigenvalue weighted by atomic mass is 9.96. The minimum Gasteiger partial charge on any atom is -0.494 e. The zero-order valence-electron chi connectivity index (χ0n) is 20.2. The molecule has 1 aromatic heterocycles. The van der Waals surface area contributed by atoms with Gasteiger partial charge in [-0.2, -0.15) is 0 Å². The van der Waals surface area contributed by atoms with E-state index in [1.807, 2.05) is 68.5 Å². The van der Waals surface area contributed by atoms with E-state index in [-0.39, 0.29) is 12.2 Å². The van der Waals surface area contributed by atoms with E-state index in [2.05, 4.69) is 4.99 Å². The van der Waals surface area contributed by atoms with E-state index >= 15 is 0 Å². The second kappa shape index (κ2) is 10.7. The molecule has 2 heterocycles. The molecule has 8 heteroatoms. The van der Waals surface area contributed by atoms with E-state index in [1.54, 1.807) is 18.4 Å². The molecule has 0 bridgehead atoms. The molecule has 0 saturated heterocycles. The van der Waals surface area contributed by atoms with Crippen molar-refractivity contribution in [3.8, 4) is 11.5 Å². The van der Waals surface area contributed by atoms with Crippen LogP contribution in [0.2, 0.25) is 0 Å². The SMILES string of the molecule is CCOC(=O)C1=C(C)N=c2s/c(=C\c3ccc(OCC)cc3)c(=O)n2[C@@H]1c1ccc(OCC)cc1. The summed E-state index contributed by atoms with van der Waals surface area (Å²) in [6.45, 7) is 8.75. The van der Waals surface area contributed by atoms with Crippen LogP contribution in [0.5, 0.6) is 11.5 Å². The molecule has 0 unspecified atom stereocenters. The monoisotopic (exact) mass is 492 g/mol. The van der Waals surface area contributed by atoms with Crippen LogP contribution in [0.25, 0.3) is 6.08 Å². The molecule has 35 heavy (non-hydrogen) atoms. The molecule has 1 atom stereocenters. The van der Waals surface area contributed by atoms with Gasteiger partial charge >= 0.3 is 5.97 Å². The number of aromatic nitrogens is 1. The summed E-state index contributed by atoms with van der Waals surface area (Å²) >= 11 is 1.30. The van der Waals surface area contributed by atoms with Crippen LogP contribution < -0.4 is 24.4 Å². The fraction of sp³-hybridized carbons (Fsp3) is 0.296. The number of ether oxygens (including phenoxy) is 3. The summed E-state index contributed by atoms with van der Waals surface area (Å²) in [5.41, 5.74) is 2.33. The number of allylic oxidation sites excluding steroid dienone is 1. The Hall–Kier alpha value is -3.65.